The number of carbonyl (C=O) groups is 1. The minimum atomic E-state index is 0.210. The highest BCUT2D eigenvalue weighted by molar-refractivity contribution is 5.78. The van der Waals surface area contributed by atoms with Crippen molar-refractivity contribution >= 4 is 5.91 Å². The van der Waals surface area contributed by atoms with Gasteiger partial charge in [-0.05, 0) is 31.9 Å². The molecule has 0 aromatic heterocycles. The van der Waals surface area contributed by atoms with E-state index < -0.39 is 0 Å². The molecule has 1 atom stereocenters. The Bertz CT molecular complexity index is 435. The van der Waals surface area contributed by atoms with Gasteiger partial charge in [0, 0.05) is 25.7 Å². The Kier molecular flexibility index (Phi) is 6.21. The van der Waals surface area contributed by atoms with Crippen molar-refractivity contribution < 1.29 is 4.79 Å². The lowest BCUT2D eigenvalue weighted by Crippen LogP contribution is -2.49. The second kappa shape index (κ2) is 8.15. The van der Waals surface area contributed by atoms with Gasteiger partial charge < -0.3 is 10.6 Å². The third kappa shape index (κ3) is 4.55. The van der Waals surface area contributed by atoms with Gasteiger partial charge in [0.05, 0.1) is 6.54 Å². The Morgan fingerprint density at radius 3 is 2.76 bits per heavy atom. The summed E-state index contributed by atoms with van der Waals surface area (Å²) in [6.45, 7) is 5.63. The zero-order valence-electron chi connectivity index (χ0n) is 13.0. The van der Waals surface area contributed by atoms with Crippen LogP contribution in [0.1, 0.15) is 31.7 Å². The molecular formula is C17H27N3O. The van der Waals surface area contributed by atoms with Gasteiger partial charge in [-0.15, -0.1) is 0 Å². The zero-order valence-corrected chi connectivity index (χ0v) is 13.0. The average Bonchev–Trinajstić information content (AvgIpc) is 2.54. The molecule has 2 rings (SSSR count). The summed E-state index contributed by atoms with van der Waals surface area (Å²) in [6.07, 6.45) is 3.53. The fourth-order valence-electron chi connectivity index (χ4n) is 2.99. The second-order valence-corrected chi connectivity index (χ2v) is 5.75. The van der Waals surface area contributed by atoms with Crippen LogP contribution in [0.2, 0.25) is 0 Å². The van der Waals surface area contributed by atoms with E-state index in [9.17, 15) is 4.79 Å². The van der Waals surface area contributed by atoms with Crippen LogP contribution in [0.5, 0.6) is 0 Å². The first-order valence-corrected chi connectivity index (χ1v) is 8.00. The molecule has 1 heterocycles. The SMILES string of the molecule is CCN(Cc1ccccc1)C(=O)CN1CCCCC1CN. The van der Waals surface area contributed by atoms with Crippen LogP contribution in [-0.2, 0) is 11.3 Å². The Morgan fingerprint density at radius 2 is 2.10 bits per heavy atom. The highest BCUT2D eigenvalue weighted by Gasteiger charge is 2.24. The number of carbonyl (C=O) groups excluding carboxylic acids is 1. The number of nitrogens with zero attached hydrogens (tertiary/aromatic N) is 2. The molecule has 1 unspecified atom stereocenters. The minimum absolute atomic E-state index is 0.210. The van der Waals surface area contributed by atoms with Crippen molar-refractivity contribution in [1.29, 1.82) is 0 Å². The molecule has 1 fully saturated rings. The van der Waals surface area contributed by atoms with E-state index in [1.165, 1.54) is 18.4 Å². The molecular weight excluding hydrogens is 262 g/mol. The molecule has 2 N–H and O–H groups in total. The molecule has 0 spiro atoms. The maximum atomic E-state index is 12.6. The van der Waals surface area contributed by atoms with Gasteiger partial charge in [0.2, 0.25) is 5.91 Å². The number of benzene rings is 1. The summed E-state index contributed by atoms with van der Waals surface area (Å²) < 4.78 is 0. The first kappa shape index (κ1) is 16.0. The number of nitrogens with two attached hydrogens (primary N) is 1. The number of hydrogen-bond donors (Lipinski definition) is 1. The molecule has 1 saturated heterocycles. The largest absolute Gasteiger partial charge is 0.338 e. The van der Waals surface area contributed by atoms with E-state index in [1.54, 1.807) is 0 Å². The van der Waals surface area contributed by atoms with Crippen molar-refractivity contribution in [2.24, 2.45) is 5.73 Å². The number of amides is 1. The van der Waals surface area contributed by atoms with Crippen molar-refractivity contribution in [2.75, 3.05) is 26.2 Å². The quantitative estimate of drug-likeness (QED) is 0.869. The van der Waals surface area contributed by atoms with Gasteiger partial charge in [0.1, 0.15) is 0 Å². The lowest BCUT2D eigenvalue weighted by Gasteiger charge is -2.35. The monoisotopic (exact) mass is 289 g/mol. The van der Waals surface area contributed by atoms with E-state index in [0.29, 0.717) is 25.7 Å². The summed E-state index contributed by atoms with van der Waals surface area (Å²) in [7, 11) is 0. The maximum Gasteiger partial charge on any atom is 0.237 e. The van der Waals surface area contributed by atoms with Crippen molar-refractivity contribution in [1.82, 2.24) is 9.80 Å². The van der Waals surface area contributed by atoms with Gasteiger partial charge in [-0.1, -0.05) is 36.8 Å². The first-order valence-electron chi connectivity index (χ1n) is 8.00. The molecule has 116 valence electrons. The molecule has 0 saturated carbocycles. The molecule has 1 aliphatic rings. The van der Waals surface area contributed by atoms with E-state index >= 15 is 0 Å². The maximum absolute atomic E-state index is 12.6. The fraction of sp³-hybridized carbons (Fsp3) is 0.588. The van der Waals surface area contributed by atoms with Crippen LogP contribution in [0.4, 0.5) is 0 Å². The van der Waals surface area contributed by atoms with Crippen LogP contribution in [0.3, 0.4) is 0 Å². The molecule has 1 amide bonds. The molecule has 1 aliphatic heterocycles. The Hall–Kier alpha value is -1.39. The summed E-state index contributed by atoms with van der Waals surface area (Å²) in [5, 5.41) is 0. The number of likely N-dealkylation sites (N-methyl/N-ethyl adjacent to an activating group) is 1. The number of likely N-dealkylation sites (tertiary alicyclic amines) is 1. The van der Waals surface area contributed by atoms with Crippen molar-refractivity contribution in [2.45, 2.75) is 38.8 Å². The molecule has 0 bridgehead atoms. The summed E-state index contributed by atoms with van der Waals surface area (Å²) in [5.74, 6) is 0.210. The second-order valence-electron chi connectivity index (χ2n) is 5.75. The van der Waals surface area contributed by atoms with Crippen LogP contribution < -0.4 is 5.73 Å². The minimum Gasteiger partial charge on any atom is -0.338 e. The van der Waals surface area contributed by atoms with Gasteiger partial charge in [0.25, 0.3) is 0 Å². The van der Waals surface area contributed by atoms with Gasteiger partial charge in [-0.2, -0.15) is 0 Å². The number of hydrogen-bond acceptors (Lipinski definition) is 3. The summed E-state index contributed by atoms with van der Waals surface area (Å²) in [4.78, 5) is 16.7. The lowest BCUT2D eigenvalue weighted by atomic mass is 10.0. The molecule has 0 aliphatic carbocycles. The van der Waals surface area contributed by atoms with Gasteiger partial charge in [-0.3, -0.25) is 9.69 Å². The summed E-state index contributed by atoms with van der Waals surface area (Å²) >= 11 is 0. The first-order chi connectivity index (χ1) is 10.2. The highest BCUT2D eigenvalue weighted by atomic mass is 16.2. The van der Waals surface area contributed by atoms with E-state index in [2.05, 4.69) is 17.0 Å². The van der Waals surface area contributed by atoms with Gasteiger partial charge in [0.15, 0.2) is 0 Å². The normalized spacial score (nSPS) is 19.4. The average molecular weight is 289 g/mol. The lowest BCUT2D eigenvalue weighted by molar-refractivity contribution is -0.133. The van der Waals surface area contributed by atoms with Crippen LogP contribution in [0.15, 0.2) is 30.3 Å². The highest BCUT2D eigenvalue weighted by Crippen LogP contribution is 2.16. The third-order valence-corrected chi connectivity index (χ3v) is 4.31. The number of rotatable bonds is 6. The Balaban J connectivity index is 1.93. The van der Waals surface area contributed by atoms with E-state index in [4.69, 9.17) is 5.73 Å². The van der Waals surface area contributed by atoms with Crippen LogP contribution in [0, 0.1) is 0 Å². The third-order valence-electron chi connectivity index (χ3n) is 4.31. The Morgan fingerprint density at radius 1 is 1.33 bits per heavy atom. The molecule has 0 radical (unpaired) electrons. The summed E-state index contributed by atoms with van der Waals surface area (Å²) in [5.41, 5.74) is 7.02. The zero-order chi connectivity index (χ0) is 15.1. The topological polar surface area (TPSA) is 49.6 Å². The predicted molar refractivity (Wildman–Crippen MR) is 85.8 cm³/mol. The predicted octanol–water partition coefficient (Wildman–Crippen LogP) is 1.85. The molecule has 4 nitrogen and oxygen atoms in total. The number of piperidine rings is 1. The van der Waals surface area contributed by atoms with Crippen LogP contribution in [0.25, 0.3) is 0 Å². The molecule has 1 aromatic rings. The van der Waals surface area contributed by atoms with Gasteiger partial charge >= 0.3 is 0 Å². The van der Waals surface area contributed by atoms with E-state index in [0.717, 1.165) is 19.5 Å². The molecule has 1 aromatic carbocycles. The van der Waals surface area contributed by atoms with E-state index in [1.807, 2.05) is 30.0 Å². The summed E-state index contributed by atoms with van der Waals surface area (Å²) in [6, 6.07) is 10.5. The van der Waals surface area contributed by atoms with Crippen molar-refractivity contribution in [3.05, 3.63) is 35.9 Å². The van der Waals surface area contributed by atoms with Crippen molar-refractivity contribution in [3.8, 4) is 0 Å². The molecule has 4 heteroatoms. The molecule has 21 heavy (non-hydrogen) atoms. The van der Waals surface area contributed by atoms with Gasteiger partial charge in [-0.25, -0.2) is 0 Å². The van der Waals surface area contributed by atoms with E-state index in [-0.39, 0.29) is 5.91 Å². The smallest absolute Gasteiger partial charge is 0.237 e. The van der Waals surface area contributed by atoms with Crippen molar-refractivity contribution in [3.63, 3.8) is 0 Å². The Labute approximate surface area is 127 Å². The fourth-order valence-corrected chi connectivity index (χ4v) is 2.99. The standard InChI is InChI=1S/C17H27N3O/c1-2-19(13-15-8-4-3-5-9-15)17(21)14-20-11-7-6-10-16(20)12-18/h3-5,8-9,16H,2,6-7,10-14,18H2,1H3. The van der Waals surface area contributed by atoms with Crippen LogP contribution >= 0.6 is 0 Å². The van der Waals surface area contributed by atoms with Crippen LogP contribution in [-0.4, -0.2) is 47.9 Å².